The second-order valence-corrected chi connectivity index (χ2v) is 36.8. The van der Waals surface area contributed by atoms with Gasteiger partial charge in [0.15, 0.2) is 0 Å². The Balaban J connectivity index is 0.00000348. The van der Waals surface area contributed by atoms with Crippen LogP contribution in [0.25, 0.3) is 34.4 Å². The molecule has 2 aliphatic rings. The van der Waals surface area contributed by atoms with Crippen LogP contribution in [0.1, 0.15) is 125 Å². The van der Waals surface area contributed by atoms with Gasteiger partial charge in [-0.05, 0) is 0 Å². The van der Waals surface area contributed by atoms with E-state index in [9.17, 15) is 0 Å². The van der Waals surface area contributed by atoms with Gasteiger partial charge in [-0.3, -0.25) is 0 Å². The molecule has 0 bridgehead atoms. The van der Waals surface area contributed by atoms with Gasteiger partial charge >= 0.3 is 338 Å². The van der Waals surface area contributed by atoms with Crippen LogP contribution < -0.4 is 34.3 Å². The van der Waals surface area contributed by atoms with Crippen molar-refractivity contribution < 1.29 is 54.7 Å². The van der Waals surface area contributed by atoms with Crippen molar-refractivity contribution in [2.24, 2.45) is 5.92 Å². The molecular formula is C50H64Cl2O2SiZr. The quantitative estimate of drug-likeness (QED) is 0.176. The maximum Gasteiger partial charge on any atom is -1.00 e. The van der Waals surface area contributed by atoms with Crippen LogP contribution in [0.3, 0.4) is 0 Å². The minimum atomic E-state index is -2.50. The Morgan fingerprint density at radius 2 is 0.946 bits per heavy atom. The third-order valence-electron chi connectivity index (χ3n) is 11.7. The molecule has 56 heavy (non-hydrogen) atoms. The molecule has 2 atom stereocenters. The van der Waals surface area contributed by atoms with Crippen molar-refractivity contribution in [3.05, 3.63) is 115 Å². The topological polar surface area (TPSA) is 18.5 Å². The number of aryl methyl sites for hydroxylation is 4. The van der Waals surface area contributed by atoms with Gasteiger partial charge in [0.05, 0.1) is 0 Å². The molecule has 0 aliphatic heterocycles. The Morgan fingerprint density at radius 3 is 1.29 bits per heavy atom. The van der Waals surface area contributed by atoms with E-state index in [1.807, 2.05) is 14.2 Å². The molecule has 0 fully saturated rings. The zero-order chi connectivity index (χ0) is 39.8. The Morgan fingerprint density at radius 1 is 0.571 bits per heavy atom. The number of hydrogen-bond donors (Lipinski definition) is 0. The van der Waals surface area contributed by atoms with Crippen molar-refractivity contribution in [2.75, 3.05) is 14.2 Å². The fourth-order valence-corrected chi connectivity index (χ4v) is 30.3. The number of ether oxygens (including phenoxy) is 2. The first kappa shape index (κ1) is 46.3. The fraction of sp³-hybridized carbons (Fsp3) is 0.440. The zero-order valence-electron chi connectivity index (χ0n) is 37.1. The van der Waals surface area contributed by atoms with Crippen LogP contribution in [0, 0.1) is 33.6 Å². The monoisotopic (exact) mass is 884 g/mol. The molecule has 0 spiro atoms. The number of rotatable bonds is 7. The summed E-state index contributed by atoms with van der Waals surface area (Å²) < 4.78 is 13.9. The van der Waals surface area contributed by atoms with E-state index in [4.69, 9.17) is 9.47 Å². The summed E-state index contributed by atoms with van der Waals surface area (Å²) in [5.41, 5.74) is 21.2. The summed E-state index contributed by atoms with van der Waals surface area (Å²) in [7, 11) is 3.75. The maximum atomic E-state index is 6.48. The maximum absolute atomic E-state index is 6.48. The molecule has 2 nitrogen and oxygen atoms in total. The van der Waals surface area contributed by atoms with Crippen molar-refractivity contribution in [3.63, 3.8) is 0 Å². The second-order valence-electron chi connectivity index (χ2n) is 18.9. The molecular weight excluding hydrogens is 823 g/mol. The molecule has 4 aromatic rings. The summed E-state index contributed by atoms with van der Waals surface area (Å²) in [5, 5.41) is 0. The van der Waals surface area contributed by atoms with Crippen molar-refractivity contribution in [3.8, 4) is 33.8 Å². The largest absolute Gasteiger partial charge is 1.00 e. The summed E-state index contributed by atoms with van der Waals surface area (Å²) in [6.45, 7) is 35.6. The van der Waals surface area contributed by atoms with Gasteiger partial charge in [-0.15, -0.1) is 0 Å². The third-order valence-corrected chi connectivity index (χ3v) is 31.3. The van der Waals surface area contributed by atoms with Crippen molar-refractivity contribution >= 4 is 17.6 Å². The Bertz CT molecular complexity index is 2240. The first-order chi connectivity index (χ1) is 25.2. The number of benzene rings is 4. The van der Waals surface area contributed by atoms with E-state index in [1.165, 1.54) is 66.8 Å². The summed E-state index contributed by atoms with van der Waals surface area (Å²) >= 11 is -2.50. The Kier molecular flexibility index (Phi) is 14.1. The predicted octanol–water partition coefficient (Wildman–Crippen LogP) is 8.00. The van der Waals surface area contributed by atoms with Gasteiger partial charge < -0.3 is 24.8 Å². The smallest absolute Gasteiger partial charge is 1.00 e. The van der Waals surface area contributed by atoms with Crippen LogP contribution in [-0.4, -0.2) is 19.7 Å². The first-order valence-corrected chi connectivity index (χ1v) is 28.9. The Labute approximate surface area is 360 Å². The van der Waals surface area contributed by atoms with Gasteiger partial charge in [-0.1, -0.05) is 0 Å². The fourth-order valence-electron chi connectivity index (χ4n) is 9.53. The van der Waals surface area contributed by atoms with Crippen molar-refractivity contribution in [1.82, 2.24) is 0 Å². The molecule has 6 rings (SSSR count). The van der Waals surface area contributed by atoms with Gasteiger partial charge in [0.2, 0.25) is 0 Å². The first-order valence-electron chi connectivity index (χ1n) is 19.9. The average Bonchev–Trinajstić information content (AvgIpc) is 3.58. The molecule has 2 aliphatic carbocycles. The third kappa shape index (κ3) is 8.39. The molecule has 0 saturated heterocycles. The minimum Gasteiger partial charge on any atom is -1.00 e. The van der Waals surface area contributed by atoms with E-state index in [2.05, 4.69) is 164 Å². The molecule has 0 N–H and O–H groups in total. The molecule has 0 aromatic heterocycles. The van der Waals surface area contributed by atoms with Crippen LogP contribution in [0.4, 0.5) is 0 Å². The van der Waals surface area contributed by atoms with E-state index in [0.717, 1.165) is 11.5 Å². The van der Waals surface area contributed by atoms with Crippen molar-refractivity contribution in [2.45, 2.75) is 121 Å². The number of fused-ring (bicyclic) bond motifs is 2. The van der Waals surface area contributed by atoms with Crippen LogP contribution in [0.2, 0.25) is 13.1 Å². The van der Waals surface area contributed by atoms with Crippen LogP contribution in [0.5, 0.6) is 11.5 Å². The van der Waals surface area contributed by atoms with E-state index in [0.29, 0.717) is 13.2 Å². The Hall–Kier alpha value is -2.36. The molecule has 0 amide bonds. The van der Waals surface area contributed by atoms with Gasteiger partial charge in [-0.2, -0.15) is 0 Å². The van der Waals surface area contributed by atoms with Crippen molar-refractivity contribution in [1.29, 1.82) is 0 Å². The number of halogens is 2. The van der Waals surface area contributed by atoms with Gasteiger partial charge in [0.25, 0.3) is 0 Å². The molecule has 0 saturated carbocycles. The van der Waals surface area contributed by atoms with Gasteiger partial charge in [0.1, 0.15) is 0 Å². The summed E-state index contributed by atoms with van der Waals surface area (Å²) in [6.07, 6.45) is 5.19. The van der Waals surface area contributed by atoms with E-state index in [-0.39, 0.29) is 35.6 Å². The molecule has 298 valence electrons. The molecule has 2 unspecified atom stereocenters. The number of allylic oxidation sites excluding steroid dienone is 2. The van der Waals surface area contributed by atoms with E-state index < -0.39 is 25.8 Å². The van der Waals surface area contributed by atoms with E-state index in [1.54, 1.807) is 22.3 Å². The molecule has 4 aromatic carbocycles. The predicted molar refractivity (Wildman–Crippen MR) is 233 cm³/mol. The van der Waals surface area contributed by atoms with Crippen LogP contribution in [0.15, 0.2) is 59.7 Å². The summed E-state index contributed by atoms with van der Waals surface area (Å²) in [4.78, 5) is 0. The molecule has 6 heteroatoms. The standard InChI is InChI=1S/C25H31O.C23H27O.C2H6Si.2ClH.Zr/c1-15(2)18-12-19-14-22(25(5,6)7)24(26-8)23(21(19)13-18)20-10-16(3)9-17(4)11-20;1-14-8-15(2)11-18(10-14)21-19-12-16(3)9-17(19)13-20(22(21)24-7)23(4,5)6;1-3-2;;;/h9-15H,1-8H3;8-13H,1-7H3;1-2H3;2*1H;/q;;;;;+2/p-2. The normalized spacial score (nSPS) is 15.9. The average molecular weight is 887 g/mol. The SMILES string of the molecule is COc1c(C(C)(C)C)cc2c(c1-c1cc(C)cc(C)c1)C=C(C)[CH]2[Zr+2]([CH]1C(C(C)C)=Cc2c1cc(C(C)(C)C)c(OC)c2-c1cc(C)cc(C)c1)=[Si](C)C.[Cl-].[Cl-]. The summed E-state index contributed by atoms with van der Waals surface area (Å²) in [5.74, 6) is 2.53. The molecule has 0 radical (unpaired) electrons. The number of methoxy groups -OCH3 is 2. The zero-order valence-corrected chi connectivity index (χ0v) is 42.0. The number of hydrogen-bond acceptors (Lipinski definition) is 2. The van der Waals surface area contributed by atoms with Gasteiger partial charge in [-0.25, -0.2) is 0 Å². The minimum absolute atomic E-state index is 0. The molecule has 0 heterocycles. The van der Waals surface area contributed by atoms with Crippen LogP contribution in [-0.2, 0) is 31.2 Å². The van der Waals surface area contributed by atoms with Gasteiger partial charge in [0, 0.05) is 0 Å². The van der Waals surface area contributed by atoms with Crippen LogP contribution >= 0.6 is 0 Å². The van der Waals surface area contributed by atoms with E-state index >= 15 is 0 Å². The second kappa shape index (κ2) is 17.1. The summed E-state index contributed by atoms with van der Waals surface area (Å²) in [6, 6.07) is 19.2.